The van der Waals surface area contributed by atoms with Crippen LogP contribution in [0.4, 0.5) is 0 Å². The van der Waals surface area contributed by atoms with Gasteiger partial charge in [0.2, 0.25) is 10.0 Å². The summed E-state index contributed by atoms with van der Waals surface area (Å²) in [5.74, 6) is 0.410. The lowest BCUT2D eigenvalue weighted by atomic mass is 10.1. The van der Waals surface area contributed by atoms with Gasteiger partial charge in [-0.15, -0.1) is 0 Å². The van der Waals surface area contributed by atoms with Crippen LogP contribution < -0.4 is 10.1 Å². The second-order valence-electron chi connectivity index (χ2n) is 7.31. The van der Waals surface area contributed by atoms with Gasteiger partial charge in [0.25, 0.3) is 5.91 Å². The molecule has 0 spiro atoms. The average molecular weight is 451 g/mol. The maximum atomic E-state index is 13.0. The summed E-state index contributed by atoms with van der Waals surface area (Å²) in [5, 5.41) is 3.03. The van der Waals surface area contributed by atoms with E-state index in [4.69, 9.17) is 16.3 Å². The summed E-state index contributed by atoms with van der Waals surface area (Å²) in [4.78, 5) is 12.8. The molecule has 1 saturated heterocycles. The van der Waals surface area contributed by atoms with Gasteiger partial charge >= 0.3 is 0 Å². The summed E-state index contributed by atoms with van der Waals surface area (Å²) in [5.41, 5.74) is 1.18. The van der Waals surface area contributed by atoms with Crippen LogP contribution in [0.5, 0.6) is 5.75 Å². The van der Waals surface area contributed by atoms with Crippen molar-refractivity contribution >= 4 is 27.5 Å². The minimum atomic E-state index is -3.73. The Balaban J connectivity index is 1.77. The zero-order chi connectivity index (χ0) is 21.7. The molecule has 162 valence electrons. The predicted molar refractivity (Wildman–Crippen MR) is 118 cm³/mol. The van der Waals surface area contributed by atoms with Crippen LogP contribution in [-0.2, 0) is 10.0 Å². The number of carbonyl (C=O) groups is 1. The highest BCUT2D eigenvalue weighted by Crippen LogP contribution is 2.28. The van der Waals surface area contributed by atoms with Crippen molar-refractivity contribution in [1.29, 1.82) is 0 Å². The van der Waals surface area contributed by atoms with Crippen LogP contribution in [0, 0.1) is 0 Å². The number of rotatable bonds is 7. The van der Waals surface area contributed by atoms with Crippen molar-refractivity contribution in [3.63, 3.8) is 0 Å². The van der Waals surface area contributed by atoms with Crippen molar-refractivity contribution in [3.8, 4) is 5.75 Å². The van der Waals surface area contributed by atoms with Gasteiger partial charge in [0, 0.05) is 18.7 Å². The average Bonchev–Trinajstić information content (AvgIpc) is 2.75. The molecule has 0 radical (unpaired) electrons. The van der Waals surface area contributed by atoms with Crippen LogP contribution in [0.1, 0.15) is 55.1 Å². The summed E-state index contributed by atoms with van der Waals surface area (Å²) in [6.45, 7) is 5.33. The molecular formula is C22H27ClN2O4S. The zero-order valence-corrected chi connectivity index (χ0v) is 18.8. The lowest BCUT2D eigenvalue weighted by Gasteiger charge is -2.26. The Morgan fingerprint density at radius 1 is 1.13 bits per heavy atom. The van der Waals surface area contributed by atoms with Gasteiger partial charge in [-0.05, 0) is 62.6 Å². The highest BCUT2D eigenvalue weighted by atomic mass is 35.5. The third-order valence-electron chi connectivity index (χ3n) is 5.16. The summed E-state index contributed by atoms with van der Waals surface area (Å²) < 4.78 is 32.9. The first-order valence-corrected chi connectivity index (χ1v) is 12.0. The van der Waals surface area contributed by atoms with Gasteiger partial charge in [0.05, 0.1) is 17.7 Å². The fraction of sp³-hybridized carbons (Fsp3) is 0.409. The first-order valence-electron chi connectivity index (χ1n) is 10.2. The van der Waals surface area contributed by atoms with Crippen LogP contribution >= 0.6 is 11.6 Å². The minimum Gasteiger partial charge on any atom is -0.494 e. The molecule has 0 aliphatic carbocycles. The number of nitrogens with zero attached hydrogens (tertiary/aromatic N) is 1. The normalized spacial score (nSPS) is 16.1. The van der Waals surface area contributed by atoms with E-state index < -0.39 is 10.0 Å². The smallest absolute Gasteiger partial charge is 0.251 e. The van der Waals surface area contributed by atoms with Crippen molar-refractivity contribution in [2.75, 3.05) is 19.7 Å². The molecule has 1 heterocycles. The lowest BCUT2D eigenvalue weighted by molar-refractivity contribution is 0.0939. The largest absolute Gasteiger partial charge is 0.494 e. The maximum absolute atomic E-state index is 13.0. The Labute approximate surface area is 183 Å². The number of carbonyl (C=O) groups excluding carboxylic acids is 1. The highest BCUT2D eigenvalue weighted by Gasteiger charge is 2.29. The Morgan fingerprint density at radius 2 is 1.80 bits per heavy atom. The zero-order valence-electron chi connectivity index (χ0n) is 17.2. The molecule has 1 aliphatic heterocycles. The molecule has 0 saturated carbocycles. The monoisotopic (exact) mass is 450 g/mol. The second kappa shape index (κ2) is 9.81. The Kier molecular flexibility index (Phi) is 7.39. The molecule has 1 N–H and O–H groups in total. The number of amides is 1. The van der Waals surface area contributed by atoms with Crippen LogP contribution in [-0.4, -0.2) is 38.3 Å². The van der Waals surface area contributed by atoms with Gasteiger partial charge in [0.1, 0.15) is 10.6 Å². The molecule has 2 aromatic rings. The summed E-state index contributed by atoms with van der Waals surface area (Å²) in [7, 11) is -3.73. The van der Waals surface area contributed by atoms with E-state index in [2.05, 4.69) is 5.32 Å². The first kappa shape index (κ1) is 22.6. The molecule has 6 nitrogen and oxygen atoms in total. The van der Waals surface area contributed by atoms with Crippen molar-refractivity contribution < 1.29 is 17.9 Å². The number of benzene rings is 2. The van der Waals surface area contributed by atoms with Crippen molar-refractivity contribution in [1.82, 2.24) is 9.62 Å². The van der Waals surface area contributed by atoms with E-state index in [1.807, 2.05) is 38.1 Å². The molecule has 3 rings (SSSR count). The van der Waals surface area contributed by atoms with Crippen LogP contribution in [0.15, 0.2) is 47.4 Å². The van der Waals surface area contributed by atoms with Crippen LogP contribution in [0.2, 0.25) is 5.02 Å². The molecule has 0 aromatic heterocycles. The Morgan fingerprint density at radius 3 is 2.43 bits per heavy atom. The predicted octanol–water partition coefficient (Wildman–Crippen LogP) is 4.40. The van der Waals surface area contributed by atoms with Gasteiger partial charge in [-0.2, -0.15) is 4.31 Å². The number of halogens is 1. The highest BCUT2D eigenvalue weighted by molar-refractivity contribution is 7.89. The molecule has 2 aromatic carbocycles. The SMILES string of the molecule is CCOc1ccc([C@@H](C)NC(=O)c2ccc(Cl)c(S(=O)(=O)N3CCCCC3)c2)cc1. The van der Waals surface area contributed by atoms with Gasteiger partial charge in [-0.25, -0.2) is 8.42 Å². The molecule has 8 heteroatoms. The molecular weight excluding hydrogens is 424 g/mol. The quantitative estimate of drug-likeness (QED) is 0.678. The molecule has 1 aliphatic rings. The molecule has 1 fully saturated rings. The third kappa shape index (κ3) is 5.14. The standard InChI is InChI=1S/C22H27ClN2O4S/c1-3-29-19-10-7-17(8-11-19)16(2)24-22(26)18-9-12-20(23)21(15-18)30(27,28)25-13-5-4-6-14-25/h7-12,15-16H,3-6,13-14H2,1-2H3,(H,24,26)/t16-/m1/s1. The first-order chi connectivity index (χ1) is 14.3. The van der Waals surface area contributed by atoms with Gasteiger partial charge in [-0.3, -0.25) is 4.79 Å². The fourth-order valence-corrected chi connectivity index (χ4v) is 5.49. The van der Waals surface area contributed by atoms with E-state index in [0.29, 0.717) is 19.7 Å². The summed E-state index contributed by atoms with van der Waals surface area (Å²) >= 11 is 6.20. The number of hydrogen-bond donors (Lipinski definition) is 1. The van der Waals surface area contributed by atoms with Crippen molar-refractivity contribution in [2.24, 2.45) is 0 Å². The van der Waals surface area contributed by atoms with Crippen LogP contribution in [0.25, 0.3) is 0 Å². The van der Waals surface area contributed by atoms with E-state index in [0.717, 1.165) is 30.6 Å². The molecule has 0 bridgehead atoms. The number of sulfonamides is 1. The van der Waals surface area contributed by atoms with E-state index in [-0.39, 0.29) is 27.4 Å². The van der Waals surface area contributed by atoms with Gasteiger partial charge in [-0.1, -0.05) is 30.2 Å². The van der Waals surface area contributed by atoms with Gasteiger partial charge in [0.15, 0.2) is 0 Å². The summed E-state index contributed by atoms with van der Waals surface area (Å²) in [6, 6.07) is 11.6. The summed E-state index contributed by atoms with van der Waals surface area (Å²) in [6.07, 6.45) is 2.68. The topological polar surface area (TPSA) is 75.7 Å². The van der Waals surface area contributed by atoms with E-state index >= 15 is 0 Å². The van der Waals surface area contributed by atoms with Gasteiger partial charge < -0.3 is 10.1 Å². The molecule has 0 unspecified atom stereocenters. The molecule has 1 atom stereocenters. The van der Waals surface area contributed by atoms with Crippen molar-refractivity contribution in [2.45, 2.75) is 44.0 Å². The molecule has 30 heavy (non-hydrogen) atoms. The Hall–Kier alpha value is -2.09. The van der Waals surface area contributed by atoms with E-state index in [9.17, 15) is 13.2 Å². The number of hydrogen-bond acceptors (Lipinski definition) is 4. The van der Waals surface area contributed by atoms with E-state index in [1.165, 1.54) is 22.5 Å². The maximum Gasteiger partial charge on any atom is 0.251 e. The lowest BCUT2D eigenvalue weighted by Crippen LogP contribution is -2.36. The number of ether oxygens (including phenoxy) is 1. The van der Waals surface area contributed by atoms with E-state index in [1.54, 1.807) is 0 Å². The minimum absolute atomic E-state index is 0.0209. The second-order valence-corrected chi connectivity index (χ2v) is 9.62. The Bertz CT molecular complexity index is 987. The fourth-order valence-electron chi connectivity index (χ4n) is 3.47. The number of piperidine rings is 1. The van der Waals surface area contributed by atoms with Crippen molar-refractivity contribution in [3.05, 3.63) is 58.6 Å². The van der Waals surface area contributed by atoms with Crippen LogP contribution in [0.3, 0.4) is 0 Å². The third-order valence-corrected chi connectivity index (χ3v) is 7.55. The molecule has 1 amide bonds. The number of nitrogens with one attached hydrogen (secondary N) is 1.